The Kier molecular flexibility index (Phi) is 6.14. The minimum absolute atomic E-state index is 0.0271. The Balaban J connectivity index is 2.13. The summed E-state index contributed by atoms with van der Waals surface area (Å²) in [6, 6.07) is 5.92. The summed E-state index contributed by atoms with van der Waals surface area (Å²) in [6.45, 7) is 2.57. The van der Waals surface area contributed by atoms with Gasteiger partial charge in [0.15, 0.2) is 0 Å². The maximum atomic E-state index is 12.8. The molecule has 0 spiro atoms. The number of nitrogens with one attached hydrogen (secondary N) is 1. The Morgan fingerprint density at radius 1 is 1.56 bits per heavy atom. The number of carbonyl (C=O) groups is 1. The first-order chi connectivity index (χ1) is 8.58. The van der Waals surface area contributed by atoms with Crippen molar-refractivity contribution in [1.82, 2.24) is 5.32 Å². The monoisotopic (exact) mass is 254 g/mol. The van der Waals surface area contributed by atoms with Crippen LogP contribution in [0, 0.1) is 5.82 Å². The summed E-state index contributed by atoms with van der Waals surface area (Å²) in [5.74, 6) is 0.0726. The van der Waals surface area contributed by atoms with E-state index in [0.717, 1.165) is 0 Å². The number of nitrogens with two attached hydrogens (primary N) is 1. The fourth-order valence-corrected chi connectivity index (χ4v) is 1.36. The molecule has 100 valence electrons. The molecule has 1 rings (SSSR count). The maximum absolute atomic E-state index is 12.8. The summed E-state index contributed by atoms with van der Waals surface area (Å²) < 4.78 is 18.1. The summed E-state index contributed by atoms with van der Waals surface area (Å²) in [7, 11) is 0. The minimum Gasteiger partial charge on any atom is -0.492 e. The van der Waals surface area contributed by atoms with E-state index in [-0.39, 0.29) is 17.8 Å². The first-order valence-electron chi connectivity index (χ1n) is 5.98. The van der Waals surface area contributed by atoms with Crippen LogP contribution < -0.4 is 15.8 Å². The van der Waals surface area contributed by atoms with Crippen molar-refractivity contribution in [3.8, 4) is 5.75 Å². The van der Waals surface area contributed by atoms with E-state index in [2.05, 4.69) is 5.32 Å². The second kappa shape index (κ2) is 7.66. The molecule has 1 unspecified atom stereocenters. The van der Waals surface area contributed by atoms with Crippen LogP contribution in [0.1, 0.15) is 19.8 Å². The van der Waals surface area contributed by atoms with Crippen LogP contribution in [0.25, 0.3) is 0 Å². The highest BCUT2D eigenvalue weighted by molar-refractivity contribution is 5.75. The van der Waals surface area contributed by atoms with Gasteiger partial charge in [-0.15, -0.1) is 0 Å². The lowest BCUT2D eigenvalue weighted by atomic mass is 10.2. The van der Waals surface area contributed by atoms with E-state index in [1.807, 2.05) is 6.92 Å². The van der Waals surface area contributed by atoms with Gasteiger partial charge in [-0.2, -0.15) is 0 Å². The molecule has 0 heterocycles. The molecule has 0 radical (unpaired) electrons. The van der Waals surface area contributed by atoms with Gasteiger partial charge in [0.2, 0.25) is 5.91 Å². The lowest BCUT2D eigenvalue weighted by Gasteiger charge is -2.08. The van der Waals surface area contributed by atoms with Crippen molar-refractivity contribution in [1.29, 1.82) is 0 Å². The van der Waals surface area contributed by atoms with Crippen molar-refractivity contribution < 1.29 is 13.9 Å². The van der Waals surface area contributed by atoms with E-state index in [1.54, 1.807) is 12.1 Å². The summed E-state index contributed by atoms with van der Waals surface area (Å²) in [5.41, 5.74) is 5.55. The largest absolute Gasteiger partial charge is 0.492 e. The molecule has 1 atom stereocenters. The molecule has 0 saturated carbocycles. The molecule has 0 aliphatic heterocycles. The molecule has 0 aromatic heterocycles. The molecule has 0 aliphatic carbocycles. The molecule has 5 heteroatoms. The zero-order valence-corrected chi connectivity index (χ0v) is 10.5. The van der Waals surface area contributed by atoms with E-state index in [4.69, 9.17) is 10.5 Å². The Hall–Kier alpha value is -1.62. The SMILES string of the molecule is CC(N)CCC(=O)NCCOc1cccc(F)c1. The van der Waals surface area contributed by atoms with Crippen LogP contribution >= 0.6 is 0 Å². The third-order valence-electron chi connectivity index (χ3n) is 2.32. The second-order valence-corrected chi connectivity index (χ2v) is 4.17. The van der Waals surface area contributed by atoms with Gasteiger partial charge in [-0.05, 0) is 25.5 Å². The molecular weight excluding hydrogens is 235 g/mol. The normalized spacial score (nSPS) is 11.9. The van der Waals surface area contributed by atoms with Crippen LogP contribution in [0.3, 0.4) is 0 Å². The fourth-order valence-electron chi connectivity index (χ4n) is 1.36. The summed E-state index contributed by atoms with van der Waals surface area (Å²) in [6.07, 6.45) is 1.08. The van der Waals surface area contributed by atoms with E-state index >= 15 is 0 Å². The molecule has 0 fully saturated rings. The summed E-state index contributed by atoms with van der Waals surface area (Å²) in [5, 5.41) is 2.71. The van der Waals surface area contributed by atoms with Crippen molar-refractivity contribution >= 4 is 5.91 Å². The standard InChI is InChI=1S/C13H19FN2O2/c1-10(15)5-6-13(17)16-7-8-18-12-4-2-3-11(14)9-12/h2-4,9-10H,5-8,15H2,1H3,(H,16,17). The highest BCUT2D eigenvalue weighted by atomic mass is 19.1. The number of hydrogen-bond acceptors (Lipinski definition) is 3. The predicted octanol–water partition coefficient (Wildman–Crippen LogP) is 1.45. The number of benzene rings is 1. The number of ether oxygens (including phenoxy) is 1. The molecule has 4 nitrogen and oxygen atoms in total. The van der Waals surface area contributed by atoms with Gasteiger partial charge in [-0.25, -0.2) is 4.39 Å². The van der Waals surface area contributed by atoms with Gasteiger partial charge in [0.25, 0.3) is 0 Å². The van der Waals surface area contributed by atoms with E-state index in [0.29, 0.717) is 31.7 Å². The quantitative estimate of drug-likeness (QED) is 0.724. The molecule has 0 bridgehead atoms. The zero-order valence-electron chi connectivity index (χ0n) is 10.5. The number of amides is 1. The average Bonchev–Trinajstić information content (AvgIpc) is 2.32. The van der Waals surface area contributed by atoms with Crippen molar-refractivity contribution in [2.75, 3.05) is 13.2 Å². The minimum atomic E-state index is -0.339. The Bertz CT molecular complexity index is 383. The van der Waals surface area contributed by atoms with E-state index in [1.165, 1.54) is 12.1 Å². The first kappa shape index (κ1) is 14.4. The smallest absolute Gasteiger partial charge is 0.220 e. The molecule has 1 amide bonds. The molecular formula is C13H19FN2O2. The topological polar surface area (TPSA) is 64.4 Å². The lowest BCUT2D eigenvalue weighted by Crippen LogP contribution is -2.29. The van der Waals surface area contributed by atoms with Crippen LogP contribution in [0.2, 0.25) is 0 Å². The zero-order chi connectivity index (χ0) is 13.4. The Morgan fingerprint density at radius 2 is 2.33 bits per heavy atom. The average molecular weight is 254 g/mol. The number of hydrogen-bond donors (Lipinski definition) is 2. The van der Waals surface area contributed by atoms with Crippen LogP contribution in [0.4, 0.5) is 4.39 Å². The van der Waals surface area contributed by atoms with Gasteiger partial charge >= 0.3 is 0 Å². The Labute approximate surface area is 106 Å². The second-order valence-electron chi connectivity index (χ2n) is 4.17. The van der Waals surface area contributed by atoms with Gasteiger partial charge in [-0.1, -0.05) is 6.07 Å². The van der Waals surface area contributed by atoms with Crippen molar-refractivity contribution in [3.63, 3.8) is 0 Å². The third-order valence-corrected chi connectivity index (χ3v) is 2.32. The molecule has 0 saturated heterocycles. The molecule has 1 aromatic carbocycles. The highest BCUT2D eigenvalue weighted by Crippen LogP contribution is 2.11. The molecule has 18 heavy (non-hydrogen) atoms. The van der Waals surface area contributed by atoms with Crippen molar-refractivity contribution in [2.24, 2.45) is 5.73 Å². The van der Waals surface area contributed by atoms with Gasteiger partial charge in [0.1, 0.15) is 18.2 Å². The summed E-state index contributed by atoms with van der Waals surface area (Å²) >= 11 is 0. The van der Waals surface area contributed by atoms with E-state index in [9.17, 15) is 9.18 Å². The molecule has 3 N–H and O–H groups in total. The number of carbonyl (C=O) groups excluding carboxylic acids is 1. The Morgan fingerprint density at radius 3 is 3.00 bits per heavy atom. The lowest BCUT2D eigenvalue weighted by molar-refractivity contribution is -0.121. The fraction of sp³-hybridized carbons (Fsp3) is 0.462. The molecule has 1 aromatic rings. The van der Waals surface area contributed by atoms with E-state index < -0.39 is 0 Å². The van der Waals surface area contributed by atoms with Gasteiger partial charge < -0.3 is 15.8 Å². The van der Waals surface area contributed by atoms with Crippen LogP contribution in [-0.4, -0.2) is 25.1 Å². The van der Waals surface area contributed by atoms with Crippen molar-refractivity contribution in [2.45, 2.75) is 25.8 Å². The van der Waals surface area contributed by atoms with Gasteiger partial charge in [-0.3, -0.25) is 4.79 Å². The number of rotatable bonds is 7. The van der Waals surface area contributed by atoms with Crippen LogP contribution in [0.15, 0.2) is 24.3 Å². The third kappa shape index (κ3) is 6.20. The maximum Gasteiger partial charge on any atom is 0.220 e. The van der Waals surface area contributed by atoms with Gasteiger partial charge in [0, 0.05) is 18.5 Å². The van der Waals surface area contributed by atoms with Crippen LogP contribution in [0.5, 0.6) is 5.75 Å². The van der Waals surface area contributed by atoms with Crippen molar-refractivity contribution in [3.05, 3.63) is 30.1 Å². The highest BCUT2D eigenvalue weighted by Gasteiger charge is 2.03. The first-order valence-corrected chi connectivity index (χ1v) is 5.98. The molecule has 0 aliphatic rings. The number of halogens is 1. The predicted molar refractivity (Wildman–Crippen MR) is 67.8 cm³/mol. The summed E-state index contributed by atoms with van der Waals surface area (Å²) in [4.78, 5) is 11.3. The van der Waals surface area contributed by atoms with Crippen LogP contribution in [-0.2, 0) is 4.79 Å². The van der Waals surface area contributed by atoms with Gasteiger partial charge in [0.05, 0.1) is 6.54 Å².